The van der Waals surface area contributed by atoms with E-state index in [0.717, 1.165) is 15.8 Å². The van der Waals surface area contributed by atoms with Crippen molar-refractivity contribution >= 4 is 33.1 Å². The molecule has 0 fully saturated rings. The van der Waals surface area contributed by atoms with E-state index in [1.54, 1.807) is 43.8 Å². The van der Waals surface area contributed by atoms with Crippen LogP contribution in [0.5, 0.6) is 11.5 Å². The zero-order valence-electron chi connectivity index (χ0n) is 15.6. The highest BCUT2D eigenvalue weighted by atomic mass is 32.1. The van der Waals surface area contributed by atoms with E-state index in [9.17, 15) is 4.79 Å². The van der Waals surface area contributed by atoms with Gasteiger partial charge in [0.1, 0.15) is 17.2 Å². The molecule has 0 aliphatic heterocycles. The summed E-state index contributed by atoms with van der Waals surface area (Å²) in [6.45, 7) is 0.624. The van der Waals surface area contributed by atoms with E-state index in [1.165, 1.54) is 0 Å². The Bertz CT molecular complexity index is 1120. The lowest BCUT2D eigenvalue weighted by molar-refractivity contribution is 0.101. The molecule has 0 aliphatic rings. The molecule has 4 rings (SSSR count). The van der Waals surface area contributed by atoms with E-state index in [-0.39, 0.29) is 5.91 Å². The van der Waals surface area contributed by atoms with Gasteiger partial charge in [-0.05, 0) is 35.2 Å². The second kappa shape index (κ2) is 7.78. The number of hydrogen-bond donors (Lipinski definition) is 1. The zero-order chi connectivity index (χ0) is 19.5. The molecule has 2 heterocycles. The standard InChI is InChI=1S/C22H20N2O3S/c1-26-16-8-9-20(27-2)17(12-16)23-22(25)19-13-21-18(10-11-28-21)24(19)14-15-6-4-3-5-7-15/h3-13H,14H2,1-2H3,(H,23,25). The minimum absolute atomic E-state index is 0.189. The van der Waals surface area contributed by atoms with Crippen molar-refractivity contribution in [2.75, 3.05) is 19.5 Å². The van der Waals surface area contributed by atoms with Gasteiger partial charge in [0.15, 0.2) is 0 Å². The van der Waals surface area contributed by atoms with Crippen molar-refractivity contribution in [3.05, 3.63) is 77.3 Å². The molecule has 6 heteroatoms. The monoisotopic (exact) mass is 392 g/mol. The molecule has 4 aromatic rings. The predicted molar refractivity (Wildman–Crippen MR) is 113 cm³/mol. The minimum atomic E-state index is -0.189. The highest BCUT2D eigenvalue weighted by Gasteiger charge is 2.18. The van der Waals surface area contributed by atoms with Crippen molar-refractivity contribution < 1.29 is 14.3 Å². The summed E-state index contributed by atoms with van der Waals surface area (Å²) in [6, 6.07) is 19.4. The fraction of sp³-hybridized carbons (Fsp3) is 0.136. The molecule has 0 bridgehead atoms. The van der Waals surface area contributed by atoms with E-state index in [1.807, 2.05) is 40.3 Å². The number of nitrogens with one attached hydrogen (secondary N) is 1. The summed E-state index contributed by atoms with van der Waals surface area (Å²) >= 11 is 1.62. The van der Waals surface area contributed by atoms with Crippen molar-refractivity contribution in [3.63, 3.8) is 0 Å². The topological polar surface area (TPSA) is 52.5 Å². The van der Waals surface area contributed by atoms with Crippen LogP contribution in [0.15, 0.2) is 66.0 Å². The third-order valence-corrected chi connectivity index (χ3v) is 5.45. The molecule has 2 aromatic carbocycles. The SMILES string of the molecule is COc1ccc(OC)c(NC(=O)c2cc3sccc3n2Cc2ccccc2)c1. The van der Waals surface area contributed by atoms with Gasteiger partial charge in [0, 0.05) is 12.6 Å². The maximum Gasteiger partial charge on any atom is 0.272 e. The molecule has 0 aliphatic carbocycles. The largest absolute Gasteiger partial charge is 0.497 e. The number of amides is 1. The van der Waals surface area contributed by atoms with E-state index in [2.05, 4.69) is 17.4 Å². The molecule has 0 radical (unpaired) electrons. The van der Waals surface area contributed by atoms with Crippen LogP contribution in [0, 0.1) is 0 Å². The number of nitrogens with zero attached hydrogens (tertiary/aromatic N) is 1. The Morgan fingerprint density at radius 3 is 2.61 bits per heavy atom. The van der Waals surface area contributed by atoms with Crippen LogP contribution in [-0.2, 0) is 6.54 Å². The Morgan fingerprint density at radius 2 is 1.86 bits per heavy atom. The first-order valence-corrected chi connectivity index (χ1v) is 9.71. The van der Waals surface area contributed by atoms with Gasteiger partial charge < -0.3 is 19.4 Å². The van der Waals surface area contributed by atoms with Gasteiger partial charge in [-0.3, -0.25) is 4.79 Å². The Kier molecular flexibility index (Phi) is 5.04. The fourth-order valence-corrected chi connectivity index (χ4v) is 4.02. The van der Waals surface area contributed by atoms with Gasteiger partial charge in [-0.1, -0.05) is 30.3 Å². The first kappa shape index (κ1) is 18.1. The number of carbonyl (C=O) groups is 1. The first-order chi connectivity index (χ1) is 13.7. The average Bonchev–Trinajstić information content (AvgIpc) is 3.31. The third kappa shape index (κ3) is 3.46. The Balaban J connectivity index is 1.70. The second-order valence-corrected chi connectivity index (χ2v) is 7.24. The number of hydrogen-bond acceptors (Lipinski definition) is 4. The second-order valence-electron chi connectivity index (χ2n) is 6.29. The smallest absolute Gasteiger partial charge is 0.272 e. The van der Waals surface area contributed by atoms with Gasteiger partial charge in [-0.25, -0.2) is 0 Å². The van der Waals surface area contributed by atoms with Crippen LogP contribution >= 0.6 is 11.3 Å². The Morgan fingerprint density at radius 1 is 1.04 bits per heavy atom. The summed E-state index contributed by atoms with van der Waals surface area (Å²) in [6.07, 6.45) is 0. The zero-order valence-corrected chi connectivity index (χ0v) is 16.5. The molecule has 0 saturated carbocycles. The fourth-order valence-electron chi connectivity index (χ4n) is 3.20. The number of methoxy groups -OCH3 is 2. The van der Waals surface area contributed by atoms with Crippen LogP contribution in [0.3, 0.4) is 0 Å². The molecule has 0 unspecified atom stereocenters. The minimum Gasteiger partial charge on any atom is -0.497 e. The number of thiophene rings is 1. The molecule has 28 heavy (non-hydrogen) atoms. The maximum atomic E-state index is 13.1. The molecule has 2 aromatic heterocycles. The van der Waals surface area contributed by atoms with Crippen molar-refractivity contribution in [2.24, 2.45) is 0 Å². The first-order valence-electron chi connectivity index (χ1n) is 8.83. The van der Waals surface area contributed by atoms with Crippen molar-refractivity contribution in [3.8, 4) is 11.5 Å². The van der Waals surface area contributed by atoms with Gasteiger partial charge in [-0.2, -0.15) is 0 Å². The molecule has 1 N–H and O–H groups in total. The Hall–Kier alpha value is -3.25. The number of carbonyl (C=O) groups excluding carboxylic acids is 1. The van der Waals surface area contributed by atoms with Crippen LogP contribution in [-0.4, -0.2) is 24.7 Å². The number of anilines is 1. The molecule has 142 valence electrons. The van der Waals surface area contributed by atoms with Crippen LogP contribution in [0.1, 0.15) is 16.1 Å². The van der Waals surface area contributed by atoms with Gasteiger partial charge in [0.25, 0.3) is 5.91 Å². The number of aromatic nitrogens is 1. The maximum absolute atomic E-state index is 13.1. The van der Waals surface area contributed by atoms with Gasteiger partial charge >= 0.3 is 0 Å². The molecule has 1 amide bonds. The van der Waals surface area contributed by atoms with E-state index < -0.39 is 0 Å². The molecule has 0 spiro atoms. The van der Waals surface area contributed by atoms with Crippen LogP contribution in [0.2, 0.25) is 0 Å². The number of fused-ring (bicyclic) bond motifs is 1. The Labute approximate surface area is 167 Å². The number of rotatable bonds is 6. The molecular formula is C22H20N2O3S. The van der Waals surface area contributed by atoms with Gasteiger partial charge in [-0.15, -0.1) is 11.3 Å². The predicted octanol–water partition coefficient (Wildman–Crippen LogP) is 5.02. The lowest BCUT2D eigenvalue weighted by Crippen LogP contribution is -2.18. The van der Waals surface area contributed by atoms with E-state index in [0.29, 0.717) is 29.4 Å². The quantitative estimate of drug-likeness (QED) is 0.501. The van der Waals surface area contributed by atoms with Crippen molar-refractivity contribution in [2.45, 2.75) is 6.54 Å². The lowest BCUT2D eigenvalue weighted by atomic mass is 10.2. The van der Waals surface area contributed by atoms with Gasteiger partial charge in [0.2, 0.25) is 0 Å². The molecule has 0 atom stereocenters. The summed E-state index contributed by atoms with van der Waals surface area (Å²) in [5.74, 6) is 1.04. The molecular weight excluding hydrogens is 372 g/mol. The van der Waals surface area contributed by atoms with Crippen molar-refractivity contribution in [1.82, 2.24) is 4.57 Å². The van der Waals surface area contributed by atoms with Crippen LogP contribution in [0.25, 0.3) is 10.2 Å². The summed E-state index contributed by atoms with van der Waals surface area (Å²) in [7, 11) is 3.16. The normalized spacial score (nSPS) is 10.8. The number of ether oxygens (including phenoxy) is 2. The summed E-state index contributed by atoms with van der Waals surface area (Å²) < 4.78 is 13.8. The van der Waals surface area contributed by atoms with Gasteiger partial charge in [0.05, 0.1) is 30.1 Å². The summed E-state index contributed by atoms with van der Waals surface area (Å²) in [5, 5.41) is 5.01. The summed E-state index contributed by atoms with van der Waals surface area (Å²) in [4.78, 5) is 13.1. The highest BCUT2D eigenvalue weighted by Crippen LogP contribution is 2.31. The summed E-state index contributed by atoms with van der Waals surface area (Å²) in [5.41, 5.74) is 3.37. The van der Waals surface area contributed by atoms with Crippen molar-refractivity contribution in [1.29, 1.82) is 0 Å². The number of benzene rings is 2. The highest BCUT2D eigenvalue weighted by molar-refractivity contribution is 7.17. The third-order valence-electron chi connectivity index (χ3n) is 4.59. The van der Waals surface area contributed by atoms with Crippen LogP contribution in [0.4, 0.5) is 5.69 Å². The lowest BCUT2D eigenvalue weighted by Gasteiger charge is -2.14. The molecule has 0 saturated heterocycles. The van der Waals surface area contributed by atoms with E-state index >= 15 is 0 Å². The average molecular weight is 392 g/mol. The van der Waals surface area contributed by atoms with E-state index in [4.69, 9.17) is 9.47 Å². The van der Waals surface area contributed by atoms with Crippen LogP contribution < -0.4 is 14.8 Å². The molecule has 5 nitrogen and oxygen atoms in total.